The molecular weight excluding hydrogens is 466 g/mol. The first-order chi connectivity index (χ1) is 15.4. The van der Waals surface area contributed by atoms with Gasteiger partial charge in [0, 0.05) is 13.1 Å². The van der Waals surface area contributed by atoms with E-state index in [-0.39, 0.29) is 23.7 Å². The van der Waals surface area contributed by atoms with Gasteiger partial charge in [-0.3, -0.25) is 4.79 Å². The van der Waals surface area contributed by atoms with Gasteiger partial charge in [0.05, 0.1) is 10.6 Å². The zero-order valence-corrected chi connectivity index (χ0v) is 18.3. The van der Waals surface area contributed by atoms with Crippen LogP contribution in [0, 0.1) is 19.7 Å². The molecule has 0 aliphatic rings. The zero-order chi connectivity index (χ0) is 24.4. The predicted octanol–water partition coefficient (Wildman–Crippen LogP) is 2.75. The topological polar surface area (TPSA) is 106 Å². The number of aryl methyl sites for hydroxylation is 2. The number of carbonyl (C=O) groups excluding carboxylic acids is 1. The maximum Gasteiger partial charge on any atom is 0.435 e. The molecule has 8 nitrogen and oxygen atoms in total. The van der Waals surface area contributed by atoms with E-state index < -0.39 is 39.3 Å². The highest BCUT2D eigenvalue weighted by Gasteiger charge is 2.42. The molecule has 0 unspecified atom stereocenters. The Hall–Kier alpha value is -3.32. The van der Waals surface area contributed by atoms with Crippen LogP contribution in [0.4, 0.5) is 17.6 Å². The first kappa shape index (κ1) is 24.3. The van der Waals surface area contributed by atoms with Crippen molar-refractivity contribution >= 4 is 15.9 Å². The highest BCUT2D eigenvalue weighted by atomic mass is 32.2. The number of nitrogens with one attached hydrogen (secondary N) is 2. The number of amides is 1. The van der Waals surface area contributed by atoms with Crippen molar-refractivity contribution in [1.82, 2.24) is 25.0 Å². The molecule has 0 saturated carbocycles. The van der Waals surface area contributed by atoms with Crippen LogP contribution in [0.15, 0.2) is 47.4 Å². The lowest BCUT2D eigenvalue weighted by Crippen LogP contribution is -2.35. The lowest BCUT2D eigenvalue weighted by molar-refractivity contribution is -0.143. The van der Waals surface area contributed by atoms with Gasteiger partial charge in [-0.25, -0.2) is 22.2 Å². The molecule has 0 bridgehead atoms. The van der Waals surface area contributed by atoms with Gasteiger partial charge in [0.1, 0.15) is 5.82 Å². The summed E-state index contributed by atoms with van der Waals surface area (Å²) in [7, 11) is -3.89. The second-order valence-corrected chi connectivity index (χ2v) is 8.83. The summed E-state index contributed by atoms with van der Waals surface area (Å²) in [6, 6.07) is 8.89. The largest absolute Gasteiger partial charge is 0.435 e. The number of aromatic nitrogens is 3. The molecule has 176 valence electrons. The number of hydrogen-bond acceptors (Lipinski definition) is 5. The van der Waals surface area contributed by atoms with Gasteiger partial charge in [-0.1, -0.05) is 17.3 Å². The average Bonchev–Trinajstić information content (AvgIpc) is 3.19. The van der Waals surface area contributed by atoms with E-state index >= 15 is 0 Å². The fourth-order valence-corrected chi connectivity index (χ4v) is 4.33. The van der Waals surface area contributed by atoms with Crippen LogP contribution >= 0.6 is 0 Å². The lowest BCUT2D eigenvalue weighted by Gasteiger charge is -2.12. The number of carbonyl (C=O) groups is 1. The van der Waals surface area contributed by atoms with E-state index in [0.29, 0.717) is 10.2 Å². The van der Waals surface area contributed by atoms with Crippen LogP contribution in [-0.4, -0.2) is 42.4 Å². The van der Waals surface area contributed by atoms with E-state index in [9.17, 15) is 30.8 Å². The molecule has 2 aromatic carbocycles. The van der Waals surface area contributed by atoms with E-state index in [4.69, 9.17) is 0 Å². The maximum atomic E-state index is 13.6. The van der Waals surface area contributed by atoms with Crippen molar-refractivity contribution in [3.63, 3.8) is 0 Å². The molecule has 0 aliphatic carbocycles. The number of rotatable bonds is 7. The number of benzene rings is 2. The fourth-order valence-electron chi connectivity index (χ4n) is 2.97. The molecule has 0 aliphatic heterocycles. The van der Waals surface area contributed by atoms with Crippen molar-refractivity contribution < 1.29 is 30.8 Å². The van der Waals surface area contributed by atoms with Crippen LogP contribution < -0.4 is 10.0 Å². The molecule has 33 heavy (non-hydrogen) atoms. The summed E-state index contributed by atoms with van der Waals surface area (Å²) < 4.78 is 81.6. The second kappa shape index (κ2) is 9.27. The first-order valence-corrected chi connectivity index (χ1v) is 11.0. The van der Waals surface area contributed by atoms with Gasteiger partial charge in [-0.05, 0) is 55.3 Å². The Morgan fingerprint density at radius 3 is 2.36 bits per heavy atom. The zero-order valence-electron chi connectivity index (χ0n) is 17.4. The lowest BCUT2D eigenvalue weighted by atomic mass is 10.2. The predicted molar refractivity (Wildman–Crippen MR) is 110 cm³/mol. The molecule has 0 spiro atoms. The molecule has 3 rings (SSSR count). The fraction of sp³-hybridized carbons (Fsp3) is 0.250. The molecule has 0 radical (unpaired) electrons. The minimum atomic E-state index is -4.99. The third-order valence-electron chi connectivity index (χ3n) is 4.56. The van der Waals surface area contributed by atoms with Crippen LogP contribution in [0.1, 0.15) is 27.3 Å². The summed E-state index contributed by atoms with van der Waals surface area (Å²) >= 11 is 0. The van der Waals surface area contributed by atoms with Crippen molar-refractivity contribution in [1.29, 1.82) is 0 Å². The number of halogens is 4. The first-order valence-electron chi connectivity index (χ1n) is 9.54. The average molecular weight is 485 g/mol. The summed E-state index contributed by atoms with van der Waals surface area (Å²) in [6.45, 7) is 2.79. The van der Waals surface area contributed by atoms with Crippen LogP contribution in [-0.2, 0) is 16.2 Å². The van der Waals surface area contributed by atoms with Gasteiger partial charge < -0.3 is 5.32 Å². The monoisotopic (exact) mass is 485 g/mol. The summed E-state index contributed by atoms with van der Waals surface area (Å²) in [5.41, 5.74) is -1.33. The normalized spacial score (nSPS) is 12.1. The van der Waals surface area contributed by atoms with Crippen LogP contribution in [0.5, 0.6) is 0 Å². The molecular formula is C20H19F4N5O3S. The third kappa shape index (κ3) is 5.54. The minimum Gasteiger partial charge on any atom is -0.349 e. The quantitative estimate of drug-likeness (QED) is 0.396. The van der Waals surface area contributed by atoms with Crippen molar-refractivity contribution in [2.24, 2.45) is 0 Å². The number of nitrogens with zero attached hydrogens (tertiary/aromatic N) is 3. The SMILES string of the molecule is Cc1ccc(C)c(S(=O)(=O)NCCNC(=O)c2nnn(-c3ccc(F)cc3)c2C(F)(F)F)c1. The van der Waals surface area contributed by atoms with Crippen molar-refractivity contribution in [3.05, 3.63) is 70.8 Å². The van der Waals surface area contributed by atoms with Gasteiger partial charge in [-0.2, -0.15) is 13.2 Å². The summed E-state index contributed by atoms with van der Waals surface area (Å²) in [6.07, 6.45) is -4.99. The van der Waals surface area contributed by atoms with Gasteiger partial charge in [0.2, 0.25) is 10.0 Å². The van der Waals surface area contributed by atoms with E-state index in [1.807, 2.05) is 0 Å². The number of hydrogen-bond donors (Lipinski definition) is 2. The number of sulfonamides is 1. The Kier molecular flexibility index (Phi) is 6.84. The summed E-state index contributed by atoms with van der Waals surface area (Å²) in [5.74, 6) is -1.85. The molecule has 1 aromatic heterocycles. The molecule has 0 atom stereocenters. The molecule has 13 heteroatoms. The molecule has 2 N–H and O–H groups in total. The van der Waals surface area contributed by atoms with E-state index in [1.54, 1.807) is 26.0 Å². The van der Waals surface area contributed by atoms with E-state index in [2.05, 4.69) is 20.4 Å². The Bertz CT molecular complexity index is 1270. The second-order valence-electron chi connectivity index (χ2n) is 7.10. The van der Waals surface area contributed by atoms with Crippen LogP contribution in [0.25, 0.3) is 5.69 Å². The molecule has 3 aromatic rings. The van der Waals surface area contributed by atoms with Crippen molar-refractivity contribution in [2.45, 2.75) is 24.9 Å². The van der Waals surface area contributed by atoms with Gasteiger partial charge in [0.25, 0.3) is 5.91 Å². The Morgan fingerprint density at radius 1 is 1.06 bits per heavy atom. The smallest absolute Gasteiger partial charge is 0.349 e. The van der Waals surface area contributed by atoms with E-state index in [1.165, 1.54) is 6.07 Å². The Morgan fingerprint density at radius 2 is 1.73 bits per heavy atom. The van der Waals surface area contributed by atoms with Crippen LogP contribution in [0.3, 0.4) is 0 Å². The third-order valence-corrected chi connectivity index (χ3v) is 6.16. The van der Waals surface area contributed by atoms with Crippen molar-refractivity contribution in [3.8, 4) is 5.69 Å². The maximum absolute atomic E-state index is 13.6. The van der Waals surface area contributed by atoms with Gasteiger partial charge in [-0.15, -0.1) is 5.10 Å². The van der Waals surface area contributed by atoms with Crippen LogP contribution in [0.2, 0.25) is 0 Å². The summed E-state index contributed by atoms with van der Waals surface area (Å²) in [4.78, 5) is 12.4. The molecule has 0 saturated heterocycles. The standard InChI is InChI=1S/C20H19F4N5O3S/c1-12-3-4-13(2)16(11-12)33(31,32)26-10-9-25-19(30)17-18(20(22,23)24)29(28-27-17)15-7-5-14(21)6-8-15/h3-8,11,26H,9-10H2,1-2H3,(H,25,30). The van der Waals surface area contributed by atoms with E-state index in [0.717, 1.165) is 29.8 Å². The summed E-state index contributed by atoms with van der Waals surface area (Å²) in [5, 5.41) is 8.90. The Balaban J connectivity index is 1.72. The molecule has 1 amide bonds. The van der Waals surface area contributed by atoms with Gasteiger partial charge >= 0.3 is 6.18 Å². The van der Waals surface area contributed by atoms with Gasteiger partial charge in [0.15, 0.2) is 11.4 Å². The number of alkyl halides is 3. The van der Waals surface area contributed by atoms with Crippen molar-refractivity contribution in [2.75, 3.05) is 13.1 Å². The Labute approximate surface area is 186 Å². The highest BCUT2D eigenvalue weighted by molar-refractivity contribution is 7.89. The molecule has 1 heterocycles. The highest BCUT2D eigenvalue weighted by Crippen LogP contribution is 2.32. The minimum absolute atomic E-state index is 0.0652. The molecule has 0 fully saturated rings.